The van der Waals surface area contributed by atoms with Crippen molar-refractivity contribution in [3.63, 3.8) is 0 Å². The van der Waals surface area contributed by atoms with Crippen molar-refractivity contribution in [1.82, 2.24) is 0 Å². The Bertz CT molecular complexity index is 672. The monoisotopic (exact) mass is 315 g/mol. The number of anilines is 1. The maximum Gasteiger partial charge on any atom is 0.307 e. The first-order chi connectivity index (χ1) is 10.7. The predicted molar refractivity (Wildman–Crippen MR) is 88.3 cm³/mol. The highest BCUT2D eigenvalue weighted by molar-refractivity contribution is 6.31. The number of ether oxygens (including phenoxy) is 1. The van der Waals surface area contributed by atoms with Crippen LogP contribution < -0.4 is 4.90 Å². The van der Waals surface area contributed by atoms with Crippen LogP contribution >= 0.6 is 11.6 Å². The SMILES string of the molecule is COC(=O)C[C@@H]1c2cccc(Cl)c2CCN1c1ccccc1. The van der Waals surface area contributed by atoms with Gasteiger partial charge in [-0.05, 0) is 35.7 Å². The molecule has 1 heterocycles. The molecule has 3 rings (SSSR count). The standard InChI is InChI=1S/C18H18ClNO2/c1-22-18(21)12-17-15-8-5-9-16(19)14(15)10-11-20(17)13-6-3-2-4-7-13/h2-9,17H,10-12H2,1H3/t17-/m1/s1. The molecule has 0 fully saturated rings. The smallest absolute Gasteiger partial charge is 0.307 e. The van der Waals surface area contributed by atoms with Crippen molar-refractivity contribution in [2.24, 2.45) is 0 Å². The first kappa shape index (κ1) is 14.9. The van der Waals surface area contributed by atoms with Crippen LogP contribution in [-0.4, -0.2) is 19.6 Å². The molecular weight excluding hydrogens is 298 g/mol. The van der Waals surface area contributed by atoms with Crippen molar-refractivity contribution in [2.75, 3.05) is 18.6 Å². The van der Waals surface area contributed by atoms with Gasteiger partial charge in [0.05, 0.1) is 19.6 Å². The lowest BCUT2D eigenvalue weighted by Gasteiger charge is -2.39. The Balaban J connectivity index is 2.02. The average Bonchev–Trinajstić information content (AvgIpc) is 2.56. The van der Waals surface area contributed by atoms with E-state index in [0.29, 0.717) is 6.42 Å². The summed E-state index contributed by atoms with van der Waals surface area (Å²) in [5.74, 6) is -0.209. The lowest BCUT2D eigenvalue weighted by molar-refractivity contribution is -0.141. The zero-order valence-corrected chi connectivity index (χ0v) is 13.2. The quantitative estimate of drug-likeness (QED) is 0.802. The third-order valence-corrected chi connectivity index (χ3v) is 4.52. The molecule has 4 heteroatoms. The predicted octanol–water partition coefficient (Wildman–Crippen LogP) is 4.01. The van der Waals surface area contributed by atoms with Crippen LogP contribution in [0.25, 0.3) is 0 Å². The second-order valence-corrected chi connectivity index (χ2v) is 5.79. The van der Waals surface area contributed by atoms with Crippen molar-refractivity contribution in [3.8, 4) is 0 Å². The Hall–Kier alpha value is -2.00. The fraction of sp³-hybridized carbons (Fsp3) is 0.278. The van der Waals surface area contributed by atoms with Crippen LogP contribution in [0.2, 0.25) is 5.02 Å². The van der Waals surface area contributed by atoms with E-state index in [2.05, 4.69) is 23.1 Å². The minimum atomic E-state index is -0.209. The van der Waals surface area contributed by atoms with Gasteiger partial charge in [-0.2, -0.15) is 0 Å². The van der Waals surface area contributed by atoms with Gasteiger partial charge in [-0.3, -0.25) is 4.79 Å². The molecule has 22 heavy (non-hydrogen) atoms. The summed E-state index contributed by atoms with van der Waals surface area (Å²) in [6.45, 7) is 0.836. The summed E-state index contributed by atoms with van der Waals surface area (Å²) < 4.78 is 4.88. The van der Waals surface area contributed by atoms with Crippen LogP contribution in [0.5, 0.6) is 0 Å². The number of fused-ring (bicyclic) bond motifs is 1. The van der Waals surface area contributed by atoms with Gasteiger partial charge in [0.1, 0.15) is 0 Å². The highest BCUT2D eigenvalue weighted by atomic mass is 35.5. The van der Waals surface area contributed by atoms with E-state index in [1.165, 1.54) is 7.11 Å². The summed E-state index contributed by atoms with van der Waals surface area (Å²) in [6.07, 6.45) is 1.19. The Kier molecular flexibility index (Phi) is 4.34. The van der Waals surface area contributed by atoms with Crippen LogP contribution in [0, 0.1) is 0 Å². The lowest BCUT2D eigenvalue weighted by Crippen LogP contribution is -2.37. The number of rotatable bonds is 3. The number of hydrogen-bond acceptors (Lipinski definition) is 3. The van der Waals surface area contributed by atoms with E-state index in [-0.39, 0.29) is 12.0 Å². The fourth-order valence-corrected chi connectivity index (χ4v) is 3.37. The van der Waals surface area contributed by atoms with Crippen molar-refractivity contribution in [2.45, 2.75) is 18.9 Å². The number of halogens is 1. The van der Waals surface area contributed by atoms with Crippen LogP contribution in [-0.2, 0) is 16.0 Å². The Morgan fingerprint density at radius 2 is 2.00 bits per heavy atom. The number of esters is 1. The Labute approximate surface area is 135 Å². The van der Waals surface area contributed by atoms with Crippen molar-refractivity contribution in [3.05, 3.63) is 64.7 Å². The maximum atomic E-state index is 11.9. The third kappa shape index (κ3) is 2.81. The highest BCUT2D eigenvalue weighted by Crippen LogP contribution is 2.38. The highest BCUT2D eigenvalue weighted by Gasteiger charge is 2.30. The van der Waals surface area contributed by atoms with Gasteiger partial charge >= 0.3 is 5.97 Å². The van der Waals surface area contributed by atoms with Gasteiger partial charge in [-0.1, -0.05) is 41.9 Å². The molecule has 2 aromatic carbocycles. The summed E-state index contributed by atoms with van der Waals surface area (Å²) in [5, 5.41) is 0.778. The molecule has 0 saturated heterocycles. The maximum absolute atomic E-state index is 11.9. The van der Waals surface area contributed by atoms with Gasteiger partial charge in [0.2, 0.25) is 0 Å². The molecule has 1 aliphatic rings. The molecule has 0 aliphatic carbocycles. The minimum absolute atomic E-state index is 0.0442. The Morgan fingerprint density at radius 1 is 1.23 bits per heavy atom. The third-order valence-electron chi connectivity index (χ3n) is 4.17. The molecule has 0 N–H and O–H groups in total. The number of carbonyl (C=O) groups is 1. The zero-order valence-electron chi connectivity index (χ0n) is 12.5. The number of carbonyl (C=O) groups excluding carboxylic acids is 1. The number of hydrogen-bond donors (Lipinski definition) is 0. The van der Waals surface area contributed by atoms with E-state index in [9.17, 15) is 4.79 Å². The average molecular weight is 316 g/mol. The molecular formula is C18H18ClNO2. The van der Waals surface area contributed by atoms with Crippen molar-refractivity contribution in [1.29, 1.82) is 0 Å². The van der Waals surface area contributed by atoms with E-state index in [0.717, 1.165) is 34.8 Å². The van der Waals surface area contributed by atoms with Crippen LogP contribution in [0.15, 0.2) is 48.5 Å². The van der Waals surface area contributed by atoms with Gasteiger partial charge in [0.25, 0.3) is 0 Å². The molecule has 0 saturated carbocycles. The van der Waals surface area contributed by atoms with E-state index in [1.54, 1.807) is 0 Å². The molecule has 0 unspecified atom stereocenters. The number of benzene rings is 2. The van der Waals surface area contributed by atoms with E-state index in [1.807, 2.05) is 30.3 Å². The molecule has 1 atom stereocenters. The summed E-state index contributed by atoms with van der Waals surface area (Å²) in [4.78, 5) is 14.1. The van der Waals surface area contributed by atoms with Crippen molar-refractivity contribution >= 4 is 23.3 Å². The van der Waals surface area contributed by atoms with Gasteiger partial charge in [0.15, 0.2) is 0 Å². The topological polar surface area (TPSA) is 29.5 Å². The number of para-hydroxylation sites is 1. The molecule has 2 aromatic rings. The van der Waals surface area contributed by atoms with Crippen LogP contribution in [0.3, 0.4) is 0 Å². The first-order valence-corrected chi connectivity index (χ1v) is 7.74. The van der Waals surface area contributed by atoms with Gasteiger partial charge in [-0.25, -0.2) is 0 Å². The van der Waals surface area contributed by atoms with Crippen LogP contribution in [0.1, 0.15) is 23.6 Å². The first-order valence-electron chi connectivity index (χ1n) is 7.36. The summed E-state index contributed by atoms with van der Waals surface area (Å²) in [5.41, 5.74) is 3.38. The summed E-state index contributed by atoms with van der Waals surface area (Å²) in [7, 11) is 1.43. The zero-order chi connectivity index (χ0) is 15.5. The largest absolute Gasteiger partial charge is 0.469 e. The normalized spacial score (nSPS) is 17.0. The van der Waals surface area contributed by atoms with E-state index >= 15 is 0 Å². The molecule has 3 nitrogen and oxygen atoms in total. The van der Waals surface area contributed by atoms with E-state index < -0.39 is 0 Å². The van der Waals surface area contributed by atoms with Gasteiger partial charge in [-0.15, -0.1) is 0 Å². The van der Waals surface area contributed by atoms with Gasteiger partial charge in [0, 0.05) is 17.3 Å². The molecule has 0 spiro atoms. The summed E-state index contributed by atoms with van der Waals surface area (Å²) in [6, 6.07) is 16.0. The van der Waals surface area contributed by atoms with E-state index in [4.69, 9.17) is 16.3 Å². The molecule has 0 aromatic heterocycles. The fourth-order valence-electron chi connectivity index (χ4n) is 3.10. The van der Waals surface area contributed by atoms with Crippen molar-refractivity contribution < 1.29 is 9.53 Å². The molecule has 0 radical (unpaired) electrons. The number of methoxy groups -OCH3 is 1. The van der Waals surface area contributed by atoms with Gasteiger partial charge < -0.3 is 9.64 Å². The lowest BCUT2D eigenvalue weighted by atomic mass is 9.90. The second kappa shape index (κ2) is 6.41. The Morgan fingerprint density at radius 3 is 2.73 bits per heavy atom. The second-order valence-electron chi connectivity index (χ2n) is 5.38. The summed E-state index contributed by atoms with van der Waals surface area (Å²) >= 11 is 6.34. The minimum Gasteiger partial charge on any atom is -0.469 e. The number of nitrogens with zero attached hydrogens (tertiary/aromatic N) is 1. The molecule has 0 amide bonds. The molecule has 1 aliphatic heterocycles. The molecule has 114 valence electrons. The molecule has 0 bridgehead atoms. The van der Waals surface area contributed by atoms with Crippen LogP contribution in [0.4, 0.5) is 5.69 Å².